The molecule has 8 bridgehead atoms. The van der Waals surface area contributed by atoms with Gasteiger partial charge in [0, 0.05) is 11.1 Å². The number of hydrogen-bond donors (Lipinski definition) is 0. The molecule has 1 heterocycles. The van der Waals surface area contributed by atoms with E-state index in [0.717, 1.165) is 47.3 Å². The van der Waals surface area contributed by atoms with Gasteiger partial charge in [-0.25, -0.2) is 0 Å². The first kappa shape index (κ1) is 28.4. The van der Waals surface area contributed by atoms with Crippen LogP contribution in [0.25, 0.3) is 0 Å². The Kier molecular flexibility index (Phi) is 8.04. The molecule has 14 unspecified atom stereocenters. The van der Waals surface area contributed by atoms with Crippen molar-refractivity contribution < 1.29 is 16.5 Å². The number of fused-ring (bicyclic) bond motifs is 8. The molecule has 4 nitrogen and oxygen atoms in total. The summed E-state index contributed by atoms with van der Waals surface area (Å²) in [6.45, 7) is 9.39. The summed E-state index contributed by atoms with van der Waals surface area (Å²) in [5.74, 6) is 8.71. The molecular weight excluding hydrogens is 561 g/mol. The second kappa shape index (κ2) is 11.3. The molecule has 0 aromatic rings. The van der Waals surface area contributed by atoms with Crippen LogP contribution in [0.15, 0.2) is 48.6 Å². The molecule has 220 valence electrons. The minimum absolute atomic E-state index is 0.605. The van der Waals surface area contributed by atoms with E-state index in [1.165, 1.54) is 51.4 Å². The fourth-order valence-corrected chi connectivity index (χ4v) is 25.6. The van der Waals surface area contributed by atoms with Crippen LogP contribution in [0.2, 0.25) is 24.2 Å². The van der Waals surface area contributed by atoms with Gasteiger partial charge in [-0.1, -0.05) is 62.5 Å². The lowest BCUT2D eigenvalue weighted by molar-refractivity contribution is 0.248. The van der Waals surface area contributed by atoms with Crippen LogP contribution in [-0.2, 0) is 16.5 Å². The molecule has 0 spiro atoms. The molecule has 1 aliphatic heterocycles. The van der Waals surface area contributed by atoms with Crippen molar-refractivity contribution in [3.63, 3.8) is 0 Å². The SMILES string of the molecule is CC1CC2C=CC1C2.CC1CC2C=CC1C2.C[Si]1(C2CC3C=CC2C3)O[SiH2]O[SiH2]O[Si](C)(C2CC3C=CC2C3)O1. The molecule has 40 heavy (non-hydrogen) atoms. The summed E-state index contributed by atoms with van der Waals surface area (Å²) in [5, 5.41) is 0. The third-order valence-electron chi connectivity index (χ3n) is 12.4. The predicted molar refractivity (Wildman–Crippen MR) is 172 cm³/mol. The normalized spacial score (nSPS) is 55.1. The summed E-state index contributed by atoms with van der Waals surface area (Å²) in [7, 11) is -6.35. The van der Waals surface area contributed by atoms with Crippen LogP contribution < -0.4 is 0 Å². The van der Waals surface area contributed by atoms with Gasteiger partial charge in [-0.2, -0.15) is 0 Å². The average molecular weight is 613 g/mol. The maximum absolute atomic E-state index is 7.09. The van der Waals surface area contributed by atoms with Gasteiger partial charge in [0.1, 0.15) is 0 Å². The summed E-state index contributed by atoms with van der Waals surface area (Å²) in [5.41, 5.74) is 1.21. The monoisotopic (exact) mass is 612 g/mol. The van der Waals surface area contributed by atoms with Crippen LogP contribution in [0.5, 0.6) is 0 Å². The highest BCUT2D eigenvalue weighted by Gasteiger charge is 2.59. The standard InChI is InChI=1S/C16H28O4Si4.2C8H12/c1-23(15-9-11-3-5-13(15)7-11)18-21-17-22-19-24(2,20-23)16-10-12-4-6-14(16)8-12;2*1-6-4-7-2-3-8(6)5-7/h3-6,11-16H,7-10,21-22H2,1-2H3;2*2-3,6-8H,4-5H2,1H3. The first-order valence-corrected chi connectivity index (χ1v) is 23.7. The first-order valence-electron chi connectivity index (χ1n) is 16.6. The van der Waals surface area contributed by atoms with E-state index in [2.05, 4.69) is 75.5 Å². The van der Waals surface area contributed by atoms with Gasteiger partial charge in [0.15, 0.2) is 0 Å². The van der Waals surface area contributed by atoms with Crippen LogP contribution in [-0.4, -0.2) is 37.1 Å². The van der Waals surface area contributed by atoms with Crippen LogP contribution >= 0.6 is 0 Å². The Bertz CT molecular complexity index is 984. The molecule has 5 fully saturated rings. The molecule has 14 atom stereocenters. The average Bonchev–Trinajstić information content (AvgIpc) is 3.76. The third-order valence-corrected chi connectivity index (χ3v) is 26.5. The van der Waals surface area contributed by atoms with Gasteiger partial charge in [0.2, 0.25) is 0 Å². The number of hydrogen-bond acceptors (Lipinski definition) is 4. The summed E-state index contributed by atoms with van der Waals surface area (Å²) >= 11 is 0. The zero-order valence-electron chi connectivity index (χ0n) is 25.3. The van der Waals surface area contributed by atoms with Crippen LogP contribution in [0.3, 0.4) is 0 Å². The molecule has 8 aliphatic carbocycles. The minimum Gasteiger partial charge on any atom is -0.425 e. The van der Waals surface area contributed by atoms with Crippen molar-refractivity contribution >= 4 is 37.1 Å². The minimum atomic E-state index is -2.25. The van der Waals surface area contributed by atoms with E-state index < -0.39 is 37.1 Å². The highest BCUT2D eigenvalue weighted by Crippen LogP contribution is 2.56. The van der Waals surface area contributed by atoms with Crippen molar-refractivity contribution in [2.45, 2.75) is 89.4 Å². The quantitative estimate of drug-likeness (QED) is 0.261. The van der Waals surface area contributed by atoms with Gasteiger partial charge in [-0.3, -0.25) is 0 Å². The van der Waals surface area contributed by atoms with Crippen molar-refractivity contribution in [3.05, 3.63) is 48.6 Å². The van der Waals surface area contributed by atoms with Gasteiger partial charge < -0.3 is 16.5 Å². The van der Waals surface area contributed by atoms with Gasteiger partial charge >= 0.3 is 17.1 Å². The Labute approximate surface area is 250 Å². The molecule has 9 rings (SSSR count). The topological polar surface area (TPSA) is 36.9 Å². The summed E-state index contributed by atoms with van der Waals surface area (Å²) in [6, 6.07) is 0. The van der Waals surface area contributed by atoms with Gasteiger partial charge in [0.25, 0.3) is 20.0 Å². The summed E-state index contributed by atoms with van der Waals surface area (Å²) in [6.07, 6.45) is 30.3. The van der Waals surface area contributed by atoms with Crippen molar-refractivity contribution in [2.75, 3.05) is 0 Å². The van der Waals surface area contributed by atoms with E-state index in [1.54, 1.807) is 0 Å². The largest absolute Gasteiger partial charge is 0.425 e. The zero-order chi connectivity index (χ0) is 27.5. The highest BCUT2D eigenvalue weighted by molar-refractivity contribution is 6.85. The molecule has 0 aromatic carbocycles. The van der Waals surface area contributed by atoms with Crippen molar-refractivity contribution in [3.8, 4) is 0 Å². The van der Waals surface area contributed by atoms with Crippen molar-refractivity contribution in [1.29, 1.82) is 0 Å². The summed E-state index contributed by atoms with van der Waals surface area (Å²) in [4.78, 5) is 0. The van der Waals surface area contributed by atoms with Gasteiger partial charge in [0.05, 0.1) is 0 Å². The van der Waals surface area contributed by atoms with Crippen LogP contribution in [0.1, 0.15) is 65.2 Å². The van der Waals surface area contributed by atoms with Crippen LogP contribution in [0.4, 0.5) is 0 Å². The molecule has 1 saturated heterocycles. The molecule has 4 saturated carbocycles. The number of allylic oxidation sites excluding steroid dienone is 8. The third kappa shape index (κ3) is 5.53. The lowest BCUT2D eigenvalue weighted by Crippen LogP contribution is -2.60. The van der Waals surface area contributed by atoms with E-state index in [9.17, 15) is 0 Å². The van der Waals surface area contributed by atoms with E-state index in [1.807, 2.05) is 0 Å². The second-order valence-corrected chi connectivity index (χ2v) is 25.9. The molecule has 0 amide bonds. The molecule has 8 heteroatoms. The van der Waals surface area contributed by atoms with Gasteiger partial charge in [-0.05, 0) is 124 Å². The molecule has 0 radical (unpaired) electrons. The second-order valence-electron chi connectivity index (χ2n) is 15.2. The maximum atomic E-state index is 7.09. The van der Waals surface area contributed by atoms with E-state index >= 15 is 0 Å². The Morgan fingerprint density at radius 3 is 1.12 bits per heavy atom. The van der Waals surface area contributed by atoms with Crippen molar-refractivity contribution in [2.24, 2.45) is 59.2 Å². The van der Waals surface area contributed by atoms with E-state index in [0.29, 0.717) is 22.9 Å². The Morgan fingerprint density at radius 1 is 0.500 bits per heavy atom. The molecular formula is C32H52O4Si4. The Hall–Kier alpha value is -0.332. The molecule has 0 N–H and O–H groups in total. The zero-order valence-corrected chi connectivity index (χ0v) is 30.1. The van der Waals surface area contributed by atoms with E-state index in [-0.39, 0.29) is 0 Å². The lowest BCUT2D eigenvalue weighted by Gasteiger charge is -2.46. The molecule has 0 aromatic heterocycles. The first-order chi connectivity index (χ1) is 19.3. The summed E-state index contributed by atoms with van der Waals surface area (Å²) < 4.78 is 26.1. The maximum Gasteiger partial charge on any atom is 0.320 e. The van der Waals surface area contributed by atoms with Crippen LogP contribution in [0, 0.1) is 59.2 Å². The van der Waals surface area contributed by atoms with E-state index in [4.69, 9.17) is 16.5 Å². The van der Waals surface area contributed by atoms with Crippen molar-refractivity contribution in [1.82, 2.24) is 0 Å². The Morgan fingerprint density at radius 2 is 0.875 bits per heavy atom. The highest BCUT2D eigenvalue weighted by atomic mass is 28.5. The fraction of sp³-hybridized carbons (Fsp3) is 0.750. The smallest absolute Gasteiger partial charge is 0.320 e. The lowest BCUT2D eigenvalue weighted by atomic mass is 9.96. The predicted octanol–water partition coefficient (Wildman–Crippen LogP) is 6.58. The Balaban J connectivity index is 0.000000133. The molecule has 9 aliphatic rings. The van der Waals surface area contributed by atoms with Gasteiger partial charge in [-0.15, -0.1) is 0 Å². The fourth-order valence-electron chi connectivity index (χ4n) is 10.1. The number of rotatable bonds is 2.